The summed E-state index contributed by atoms with van der Waals surface area (Å²) in [6, 6.07) is -1.30. The van der Waals surface area contributed by atoms with Crippen LogP contribution in [0, 0.1) is 0 Å². The molecule has 20 heteroatoms. The number of phenolic OH excluding ortho intramolecular Hbond substituents is 1. The number of hydrogen-bond donors (Lipinski definition) is 11. The van der Waals surface area contributed by atoms with E-state index in [9.17, 15) is 59.4 Å². The number of aromatic hydroxyl groups is 1. The molecule has 1 saturated heterocycles. The van der Waals surface area contributed by atoms with Gasteiger partial charge in [-0.3, -0.25) is 19.2 Å². The van der Waals surface area contributed by atoms with Crippen molar-refractivity contribution in [3.63, 3.8) is 0 Å². The van der Waals surface area contributed by atoms with Crippen molar-refractivity contribution in [3.8, 4) is 11.5 Å². The predicted octanol–water partition coefficient (Wildman–Crippen LogP) is -3.67. The molecule has 1 fully saturated rings. The van der Waals surface area contributed by atoms with Gasteiger partial charge in [-0.05, 0) is 18.6 Å². The summed E-state index contributed by atoms with van der Waals surface area (Å²) < 4.78 is 10.5. The summed E-state index contributed by atoms with van der Waals surface area (Å²) in [5, 5.41) is 81.5. The Hall–Kier alpha value is -4.21. The van der Waals surface area contributed by atoms with Crippen molar-refractivity contribution in [2.75, 3.05) is 12.3 Å². The summed E-state index contributed by atoms with van der Waals surface area (Å²) in [4.78, 5) is 69.5. The highest BCUT2D eigenvalue weighted by molar-refractivity contribution is 7.99. The lowest BCUT2D eigenvalue weighted by atomic mass is 9.99. The third-order valence-electron chi connectivity index (χ3n) is 5.80. The number of carboxylic acids is 4. The molecule has 19 nitrogen and oxygen atoms in total. The Morgan fingerprint density at radius 3 is 2.21 bits per heavy atom. The fraction of sp³-hybridized carbons (Fsp3) is 0.478. The highest BCUT2D eigenvalue weighted by Crippen LogP contribution is 2.40. The number of aliphatic hydroxyl groups is 3. The molecule has 0 saturated carbocycles. The molecule has 4 unspecified atom stereocenters. The van der Waals surface area contributed by atoms with E-state index >= 15 is 0 Å². The third-order valence-corrected chi connectivity index (χ3v) is 7.00. The molecule has 1 aromatic rings. The molecule has 1 aromatic carbocycles. The summed E-state index contributed by atoms with van der Waals surface area (Å²) in [6.07, 6.45) is -11.1. The summed E-state index contributed by atoms with van der Waals surface area (Å²) in [6.45, 7) is -0.845. The van der Waals surface area contributed by atoms with E-state index in [2.05, 4.69) is 5.32 Å². The van der Waals surface area contributed by atoms with Gasteiger partial charge in [-0.15, -0.1) is 11.8 Å². The van der Waals surface area contributed by atoms with Gasteiger partial charge < -0.3 is 66.7 Å². The molecule has 12 N–H and O–H groups in total. The lowest BCUT2D eigenvalue weighted by Crippen LogP contribution is -2.61. The van der Waals surface area contributed by atoms with E-state index in [0.29, 0.717) is 11.8 Å². The largest absolute Gasteiger partial charge is 0.507 e. The first kappa shape index (κ1) is 35.0. The number of benzene rings is 1. The van der Waals surface area contributed by atoms with Gasteiger partial charge in [-0.2, -0.15) is 0 Å². The lowest BCUT2D eigenvalue weighted by molar-refractivity contribution is -0.271. The number of hydrogen-bond acceptors (Lipinski definition) is 14. The van der Waals surface area contributed by atoms with Crippen molar-refractivity contribution in [1.82, 2.24) is 10.6 Å². The van der Waals surface area contributed by atoms with Gasteiger partial charge in [0.1, 0.15) is 48.4 Å². The number of phenols is 1. The zero-order valence-corrected chi connectivity index (χ0v) is 22.7. The Morgan fingerprint density at radius 2 is 1.65 bits per heavy atom. The second kappa shape index (κ2) is 15.3. The smallest absolute Gasteiger partial charge is 0.335 e. The Morgan fingerprint density at radius 1 is 1.00 bits per heavy atom. The van der Waals surface area contributed by atoms with Gasteiger partial charge in [0, 0.05) is 12.2 Å². The minimum Gasteiger partial charge on any atom is -0.507 e. The van der Waals surface area contributed by atoms with Gasteiger partial charge in [-0.25, -0.2) is 9.59 Å². The van der Waals surface area contributed by atoms with Crippen LogP contribution < -0.4 is 21.1 Å². The van der Waals surface area contributed by atoms with Crippen LogP contribution in [0.1, 0.15) is 23.2 Å². The molecule has 43 heavy (non-hydrogen) atoms. The number of carbonyl (C=O) groups is 6. The number of thioether (sulfide) groups is 1. The molecular weight excluding hydrogens is 606 g/mol. The number of carboxylic acid groups (broad SMARTS) is 4. The number of aliphatic carboxylic acids is 3. The standard InChI is InChI=1S/C23H29N3O16S/c24-8(21(37)38)1-2-12(28)26-9(19(34)25-5-13(29)30)6-43-18-10(27)3-7(20(35)36)4-11(18)41-23-16(33)14(31)15(32)17(42-23)22(39)40/h3-4,8-9,14-17,23,27,31-33H,1-2,5-6,24H2,(H,25,34)(H,26,28)(H,29,30)(H,35,36)(H,37,38)(H,39,40)/t8?,9?,14-,15-,16+,17?,23?/m0/s1. The number of aromatic carboxylic acids is 1. The van der Waals surface area contributed by atoms with Gasteiger partial charge in [0.2, 0.25) is 18.1 Å². The van der Waals surface area contributed by atoms with Crippen LogP contribution in [0.25, 0.3) is 0 Å². The normalized spacial score (nSPS) is 22.9. The predicted molar refractivity (Wildman–Crippen MR) is 138 cm³/mol. The number of rotatable bonds is 15. The molecule has 0 radical (unpaired) electrons. The van der Waals surface area contributed by atoms with Crippen LogP contribution >= 0.6 is 11.8 Å². The SMILES string of the molecule is NC(CCC(=O)NC(CSc1c(O)cc(C(=O)O)cc1OC1OC(C(=O)O)[C@@H](O)[C@H](O)[C@H]1O)C(=O)NCC(=O)O)C(=O)O. The van der Waals surface area contributed by atoms with Crippen molar-refractivity contribution in [1.29, 1.82) is 0 Å². The van der Waals surface area contributed by atoms with E-state index in [1.54, 1.807) is 0 Å². The van der Waals surface area contributed by atoms with Crippen LogP contribution in [-0.2, 0) is 28.7 Å². The molecule has 0 aromatic heterocycles. The molecule has 0 spiro atoms. The van der Waals surface area contributed by atoms with Crippen LogP contribution in [0.3, 0.4) is 0 Å². The van der Waals surface area contributed by atoms with E-state index in [1.165, 1.54) is 0 Å². The minimum absolute atomic E-state index is 0.311. The van der Waals surface area contributed by atoms with Crippen molar-refractivity contribution in [3.05, 3.63) is 17.7 Å². The summed E-state index contributed by atoms with van der Waals surface area (Å²) in [5.41, 5.74) is 4.80. The number of aliphatic hydroxyl groups excluding tert-OH is 3. The number of ether oxygens (including phenoxy) is 2. The van der Waals surface area contributed by atoms with Crippen molar-refractivity contribution < 1.29 is 79.1 Å². The van der Waals surface area contributed by atoms with Gasteiger partial charge in [0.15, 0.2) is 6.10 Å². The highest BCUT2D eigenvalue weighted by Gasteiger charge is 2.48. The summed E-state index contributed by atoms with van der Waals surface area (Å²) >= 11 is 0.559. The quantitative estimate of drug-likeness (QED) is 0.0827. The number of nitrogens with one attached hydrogen (secondary N) is 2. The zero-order valence-electron chi connectivity index (χ0n) is 21.9. The molecule has 1 heterocycles. The van der Waals surface area contributed by atoms with Gasteiger partial charge in [-0.1, -0.05) is 0 Å². The number of amides is 2. The molecule has 1 aliphatic heterocycles. The van der Waals surface area contributed by atoms with Crippen LogP contribution in [0.15, 0.2) is 17.0 Å². The average Bonchev–Trinajstić information content (AvgIpc) is 2.92. The Bertz CT molecular complexity index is 1250. The van der Waals surface area contributed by atoms with Crippen molar-refractivity contribution >= 4 is 47.5 Å². The lowest BCUT2D eigenvalue weighted by Gasteiger charge is -2.38. The Kier molecular flexibility index (Phi) is 12.5. The molecule has 2 amide bonds. The zero-order chi connectivity index (χ0) is 32.6. The minimum atomic E-state index is -2.08. The maximum absolute atomic E-state index is 12.6. The molecule has 0 aliphatic carbocycles. The van der Waals surface area contributed by atoms with Crippen LogP contribution in [0.5, 0.6) is 11.5 Å². The fourth-order valence-electron chi connectivity index (χ4n) is 3.53. The second-order valence-electron chi connectivity index (χ2n) is 9.01. The molecular formula is C23H29N3O16S. The third kappa shape index (κ3) is 9.66. The first-order valence-electron chi connectivity index (χ1n) is 12.1. The van der Waals surface area contributed by atoms with Crippen LogP contribution in [0.4, 0.5) is 0 Å². The maximum atomic E-state index is 12.6. The fourth-order valence-corrected chi connectivity index (χ4v) is 4.55. The van der Waals surface area contributed by atoms with Crippen molar-refractivity contribution in [2.24, 2.45) is 5.73 Å². The van der Waals surface area contributed by atoms with Gasteiger partial charge in [0.25, 0.3) is 0 Å². The monoisotopic (exact) mass is 635 g/mol. The van der Waals surface area contributed by atoms with Crippen molar-refractivity contribution in [2.45, 2.75) is 60.5 Å². The molecule has 238 valence electrons. The number of nitrogens with two attached hydrogens (primary N) is 1. The van der Waals surface area contributed by atoms with E-state index in [4.69, 9.17) is 25.4 Å². The van der Waals surface area contributed by atoms with Gasteiger partial charge >= 0.3 is 23.9 Å². The number of carbonyl (C=O) groups excluding carboxylic acids is 2. The first-order valence-corrected chi connectivity index (χ1v) is 13.1. The average molecular weight is 636 g/mol. The summed E-state index contributed by atoms with van der Waals surface area (Å²) in [7, 11) is 0. The topological polar surface area (TPSA) is 333 Å². The summed E-state index contributed by atoms with van der Waals surface area (Å²) in [5.74, 6) is -9.75. The molecule has 7 atom stereocenters. The maximum Gasteiger partial charge on any atom is 0.335 e. The Labute approximate surface area is 245 Å². The van der Waals surface area contributed by atoms with E-state index in [1.807, 2.05) is 5.32 Å². The second-order valence-corrected chi connectivity index (χ2v) is 10.0. The van der Waals surface area contributed by atoms with E-state index in [0.717, 1.165) is 12.1 Å². The van der Waals surface area contributed by atoms with E-state index in [-0.39, 0.29) is 11.3 Å². The van der Waals surface area contributed by atoms with Gasteiger partial charge in [0.05, 0.1) is 10.5 Å². The Balaban J connectivity index is 2.36. The van der Waals surface area contributed by atoms with E-state index < -0.39 is 114 Å². The molecule has 2 rings (SSSR count). The first-order chi connectivity index (χ1) is 20.0. The molecule has 1 aliphatic rings. The molecule has 0 bridgehead atoms. The van der Waals surface area contributed by atoms with Crippen LogP contribution in [-0.4, -0.2) is 132 Å². The highest BCUT2D eigenvalue weighted by atomic mass is 32.2. The van der Waals surface area contributed by atoms with Crippen LogP contribution in [0.2, 0.25) is 0 Å².